The number of hydrogen-bond acceptors (Lipinski definition) is 3. The fraction of sp³-hybridized carbons (Fsp3) is 0.375. The maximum atomic E-state index is 10.3. The van der Waals surface area contributed by atoms with Crippen molar-refractivity contribution in [2.45, 2.75) is 13.3 Å². The zero-order valence-electron chi connectivity index (χ0n) is 7.86. The van der Waals surface area contributed by atoms with Gasteiger partial charge in [-0.1, -0.05) is 10.6 Å². The third-order valence-corrected chi connectivity index (χ3v) is 2.14. The molecule has 3 nitrogen and oxygen atoms in total. The predicted molar refractivity (Wildman–Crippen MR) is 45.2 cm³/mol. The first-order chi connectivity index (χ1) is 5.68. The molecule has 0 bridgehead atoms. The van der Waals surface area contributed by atoms with E-state index in [1.807, 2.05) is 19.1 Å². The molecule has 0 amide bonds. The minimum absolute atomic E-state index is 0. The molecule has 0 N–H and O–H groups in total. The Hall–Kier alpha value is 0.210. The van der Waals surface area contributed by atoms with Gasteiger partial charge in [0.1, 0.15) is 6.16 Å². The number of rotatable bonds is 3. The number of pyridine rings is 1. The minimum atomic E-state index is -2.26. The Bertz CT molecular complexity index is 276. The Balaban J connectivity index is 0.00000144. The van der Waals surface area contributed by atoms with Crippen molar-refractivity contribution in [3.05, 3.63) is 29.6 Å². The van der Waals surface area contributed by atoms with Gasteiger partial charge in [0.25, 0.3) is 0 Å². The third kappa shape index (κ3) is 5.50. The molecule has 0 saturated carbocycles. The van der Waals surface area contributed by atoms with Gasteiger partial charge in [0, 0.05) is 18.3 Å². The zero-order chi connectivity index (χ0) is 8.97. The van der Waals surface area contributed by atoms with E-state index in [1.54, 1.807) is 6.20 Å². The van der Waals surface area contributed by atoms with Gasteiger partial charge < -0.3 is 4.89 Å². The predicted octanol–water partition coefficient (Wildman–Crippen LogP) is -1.96. The molecule has 0 fully saturated rings. The Morgan fingerprint density at radius 3 is 2.69 bits per heavy atom. The molecule has 5 heteroatoms. The van der Waals surface area contributed by atoms with Crippen LogP contribution in [0.15, 0.2) is 18.3 Å². The van der Waals surface area contributed by atoms with Gasteiger partial charge in [-0.15, -0.1) is 0 Å². The van der Waals surface area contributed by atoms with Gasteiger partial charge >= 0.3 is 37.6 Å². The first-order valence-corrected chi connectivity index (χ1v) is 5.08. The summed E-state index contributed by atoms with van der Waals surface area (Å²) in [6.45, 7) is 1.90. The molecule has 1 aromatic heterocycles. The number of nitrogens with zero attached hydrogens (tertiary/aromatic N) is 1. The van der Waals surface area contributed by atoms with Crippen LogP contribution in [0.1, 0.15) is 11.3 Å². The van der Waals surface area contributed by atoms with Gasteiger partial charge in [-0.05, 0) is 18.6 Å². The Morgan fingerprint density at radius 2 is 2.23 bits per heavy atom. The van der Waals surface area contributed by atoms with Gasteiger partial charge in [-0.2, -0.15) is 0 Å². The maximum absolute atomic E-state index is 10.3. The van der Waals surface area contributed by atoms with Gasteiger partial charge in [-0.25, -0.2) is 0 Å². The molecule has 1 aromatic rings. The van der Waals surface area contributed by atoms with E-state index in [2.05, 4.69) is 4.98 Å². The molecule has 0 saturated heterocycles. The summed E-state index contributed by atoms with van der Waals surface area (Å²) in [6.07, 6.45) is 2.49. The molecule has 0 radical (unpaired) electrons. The monoisotopic (exact) mass is 206 g/mol. The molecule has 64 valence electrons. The van der Waals surface area contributed by atoms with Crippen molar-refractivity contribution in [2.75, 3.05) is 6.16 Å². The largest absolute Gasteiger partial charge is 1.00 e. The van der Waals surface area contributed by atoms with Crippen LogP contribution in [0.2, 0.25) is 0 Å². The van der Waals surface area contributed by atoms with Crippen molar-refractivity contribution in [3.8, 4) is 0 Å². The van der Waals surface area contributed by atoms with E-state index in [4.69, 9.17) is 0 Å². The molecule has 1 heterocycles. The minimum Gasteiger partial charge on any atom is -0.596 e. The topological polar surface area (TPSA) is 53.0 Å². The second-order valence-electron chi connectivity index (χ2n) is 2.61. The van der Waals surface area contributed by atoms with Crippen LogP contribution in [0, 0.1) is 6.92 Å². The molecule has 1 rings (SSSR count). The van der Waals surface area contributed by atoms with E-state index in [0.717, 1.165) is 11.3 Å². The molecule has 0 aliphatic heterocycles. The van der Waals surface area contributed by atoms with Crippen molar-refractivity contribution in [2.24, 2.45) is 0 Å². The normalized spacial score (nSPS) is 10.5. The van der Waals surface area contributed by atoms with Crippen molar-refractivity contribution in [3.63, 3.8) is 0 Å². The fourth-order valence-corrected chi connectivity index (χ4v) is 1.31. The molecule has 0 aromatic carbocycles. The standard InChI is InChI=1S/C8H10NO2P.Na/c1-7-2-3-8(6-9-7)4-5-12(10)11;/h2-3,6H,4-5H2,1H3;/q;+1. The smallest absolute Gasteiger partial charge is 0.596 e. The van der Waals surface area contributed by atoms with Crippen molar-refractivity contribution in [1.29, 1.82) is 0 Å². The van der Waals surface area contributed by atoms with Crippen LogP contribution in [0.25, 0.3) is 0 Å². The molecule has 1 unspecified atom stereocenters. The van der Waals surface area contributed by atoms with Crippen LogP contribution in [-0.2, 0) is 11.0 Å². The SMILES string of the molecule is Cc1ccc(CC[P+](=O)[O-])cn1.[Na+]. The Labute approximate surface area is 101 Å². The van der Waals surface area contributed by atoms with Crippen LogP contribution in [0.5, 0.6) is 0 Å². The van der Waals surface area contributed by atoms with E-state index < -0.39 is 8.03 Å². The summed E-state index contributed by atoms with van der Waals surface area (Å²) in [5, 5.41) is 0. The zero-order valence-corrected chi connectivity index (χ0v) is 10.8. The fourth-order valence-electron chi connectivity index (χ4n) is 0.867. The average Bonchev–Trinajstić information content (AvgIpc) is 2.03. The van der Waals surface area contributed by atoms with Crippen LogP contribution < -0.4 is 34.5 Å². The molecule has 0 spiro atoms. The molecule has 0 aliphatic rings. The molecule has 1 atom stereocenters. The summed E-state index contributed by atoms with van der Waals surface area (Å²) >= 11 is 0. The molecular formula is C8H10NNaO2P+. The Morgan fingerprint density at radius 1 is 1.54 bits per heavy atom. The average molecular weight is 206 g/mol. The first-order valence-electron chi connectivity index (χ1n) is 3.72. The van der Waals surface area contributed by atoms with Crippen molar-refractivity contribution < 1.29 is 39.0 Å². The summed E-state index contributed by atoms with van der Waals surface area (Å²) in [4.78, 5) is 14.3. The van der Waals surface area contributed by atoms with Crippen LogP contribution >= 0.6 is 8.03 Å². The Kier molecular flexibility index (Phi) is 6.74. The summed E-state index contributed by atoms with van der Waals surface area (Å²) in [5.74, 6) is 0. The van der Waals surface area contributed by atoms with E-state index in [9.17, 15) is 9.46 Å². The van der Waals surface area contributed by atoms with E-state index in [1.165, 1.54) is 0 Å². The number of hydrogen-bond donors (Lipinski definition) is 0. The first kappa shape index (κ1) is 13.2. The van der Waals surface area contributed by atoms with Crippen molar-refractivity contribution >= 4 is 8.03 Å². The van der Waals surface area contributed by atoms with Gasteiger partial charge in [-0.3, -0.25) is 4.98 Å². The van der Waals surface area contributed by atoms with Crippen LogP contribution in [-0.4, -0.2) is 11.1 Å². The van der Waals surface area contributed by atoms with Crippen LogP contribution in [0.4, 0.5) is 0 Å². The van der Waals surface area contributed by atoms with Gasteiger partial charge in [0.2, 0.25) is 0 Å². The second-order valence-corrected chi connectivity index (χ2v) is 3.73. The van der Waals surface area contributed by atoms with Crippen molar-refractivity contribution in [1.82, 2.24) is 4.98 Å². The number of aryl methyl sites for hydroxylation is 2. The number of aromatic nitrogens is 1. The van der Waals surface area contributed by atoms with Gasteiger partial charge in [0.15, 0.2) is 0 Å². The quantitative estimate of drug-likeness (QED) is 0.426. The molecule has 0 aliphatic carbocycles. The van der Waals surface area contributed by atoms with E-state index >= 15 is 0 Å². The summed E-state index contributed by atoms with van der Waals surface area (Å²) in [6, 6.07) is 3.79. The van der Waals surface area contributed by atoms with Gasteiger partial charge in [0.05, 0.1) is 0 Å². The maximum Gasteiger partial charge on any atom is 1.00 e. The molecular weight excluding hydrogens is 196 g/mol. The second kappa shape index (κ2) is 6.63. The summed E-state index contributed by atoms with van der Waals surface area (Å²) < 4.78 is 10.3. The van der Waals surface area contributed by atoms with E-state index in [-0.39, 0.29) is 35.7 Å². The van der Waals surface area contributed by atoms with E-state index in [0.29, 0.717) is 6.42 Å². The summed E-state index contributed by atoms with van der Waals surface area (Å²) in [5.41, 5.74) is 1.92. The van der Waals surface area contributed by atoms with Crippen LogP contribution in [0.3, 0.4) is 0 Å². The molecule has 13 heavy (non-hydrogen) atoms. The third-order valence-electron chi connectivity index (χ3n) is 1.56. The summed E-state index contributed by atoms with van der Waals surface area (Å²) in [7, 11) is -2.26.